The molecular weight excluding hydrogens is 338 g/mol. The maximum absolute atomic E-state index is 12.2. The maximum atomic E-state index is 12.2. The summed E-state index contributed by atoms with van der Waals surface area (Å²) in [7, 11) is 0. The molecule has 1 heterocycles. The summed E-state index contributed by atoms with van der Waals surface area (Å²) in [6.07, 6.45) is 3.10. The van der Waals surface area contributed by atoms with Gasteiger partial charge < -0.3 is 10.1 Å². The van der Waals surface area contributed by atoms with Crippen LogP contribution in [0.3, 0.4) is 0 Å². The number of carbonyl (C=O) groups excluding carboxylic acids is 1. The fraction of sp³-hybridized carbons (Fsp3) is 0.0455. The summed E-state index contributed by atoms with van der Waals surface area (Å²) in [5, 5.41) is 11.9. The topological polar surface area (TPSA) is 75.0 Å². The number of amides is 1. The van der Waals surface area contributed by atoms with E-state index in [1.54, 1.807) is 48.7 Å². The summed E-state index contributed by atoms with van der Waals surface area (Å²) in [4.78, 5) is 16.2. The van der Waals surface area contributed by atoms with Gasteiger partial charge in [-0.05, 0) is 41.5 Å². The SMILES string of the molecule is N#C/C(=C/c1ccc(OCc2ccccc2)cc1)C(=O)Nc1ccccn1. The molecule has 0 unspecified atom stereocenters. The molecule has 5 nitrogen and oxygen atoms in total. The van der Waals surface area contributed by atoms with Crippen LogP contribution >= 0.6 is 0 Å². The summed E-state index contributed by atoms with van der Waals surface area (Å²) in [6, 6.07) is 24.2. The van der Waals surface area contributed by atoms with Crippen molar-refractivity contribution in [3.8, 4) is 11.8 Å². The number of rotatable bonds is 6. The van der Waals surface area contributed by atoms with Crippen molar-refractivity contribution < 1.29 is 9.53 Å². The van der Waals surface area contributed by atoms with Crippen LogP contribution in [0.1, 0.15) is 11.1 Å². The third-order valence-corrected chi connectivity index (χ3v) is 3.71. The lowest BCUT2D eigenvalue weighted by atomic mass is 10.1. The molecule has 0 radical (unpaired) electrons. The quantitative estimate of drug-likeness (QED) is 0.531. The predicted octanol–water partition coefficient (Wildman–Crippen LogP) is 4.21. The standard InChI is InChI=1S/C22H17N3O2/c23-15-19(22(26)25-21-8-4-5-13-24-21)14-17-9-11-20(12-10-17)27-16-18-6-2-1-3-7-18/h1-14H,16H2,(H,24,25,26)/b19-14-. The first-order valence-corrected chi connectivity index (χ1v) is 8.35. The van der Waals surface area contributed by atoms with Crippen molar-refractivity contribution in [1.82, 2.24) is 4.98 Å². The second-order valence-corrected chi connectivity index (χ2v) is 5.68. The summed E-state index contributed by atoms with van der Waals surface area (Å²) in [5.74, 6) is 0.612. The minimum absolute atomic E-state index is 0.00129. The predicted molar refractivity (Wildman–Crippen MR) is 104 cm³/mol. The first kappa shape index (κ1) is 17.9. The Labute approximate surface area is 157 Å². The van der Waals surface area contributed by atoms with E-state index < -0.39 is 5.91 Å². The molecule has 1 aromatic heterocycles. The van der Waals surface area contributed by atoms with Crippen molar-refractivity contribution in [2.24, 2.45) is 0 Å². The molecule has 0 saturated carbocycles. The van der Waals surface area contributed by atoms with Crippen LogP contribution in [0.5, 0.6) is 5.75 Å². The van der Waals surface area contributed by atoms with E-state index in [0.717, 1.165) is 11.1 Å². The molecule has 27 heavy (non-hydrogen) atoms. The van der Waals surface area contributed by atoms with Crippen LogP contribution in [0, 0.1) is 11.3 Å². The number of benzene rings is 2. The van der Waals surface area contributed by atoms with E-state index in [2.05, 4.69) is 10.3 Å². The van der Waals surface area contributed by atoms with Crippen LogP contribution in [0.2, 0.25) is 0 Å². The molecule has 5 heteroatoms. The number of nitrogens with zero attached hydrogens (tertiary/aromatic N) is 2. The molecular formula is C22H17N3O2. The van der Waals surface area contributed by atoms with Gasteiger partial charge in [0.25, 0.3) is 5.91 Å². The number of nitriles is 1. The molecule has 0 aliphatic heterocycles. The Kier molecular flexibility index (Phi) is 5.95. The van der Waals surface area contributed by atoms with Gasteiger partial charge in [0.1, 0.15) is 29.8 Å². The van der Waals surface area contributed by atoms with E-state index in [4.69, 9.17) is 4.74 Å². The third kappa shape index (κ3) is 5.28. The van der Waals surface area contributed by atoms with Gasteiger partial charge in [0.2, 0.25) is 0 Å². The van der Waals surface area contributed by atoms with E-state index in [9.17, 15) is 10.1 Å². The molecule has 0 saturated heterocycles. The molecule has 0 aliphatic carbocycles. The number of hydrogen-bond donors (Lipinski definition) is 1. The van der Waals surface area contributed by atoms with E-state index in [1.807, 2.05) is 36.4 Å². The van der Waals surface area contributed by atoms with Gasteiger partial charge in [-0.2, -0.15) is 5.26 Å². The number of pyridine rings is 1. The molecule has 2 aromatic carbocycles. The van der Waals surface area contributed by atoms with Crippen molar-refractivity contribution >= 4 is 17.8 Å². The highest BCUT2D eigenvalue weighted by Crippen LogP contribution is 2.16. The highest BCUT2D eigenvalue weighted by Gasteiger charge is 2.10. The lowest BCUT2D eigenvalue weighted by Crippen LogP contribution is -2.14. The lowest BCUT2D eigenvalue weighted by Gasteiger charge is -2.07. The second-order valence-electron chi connectivity index (χ2n) is 5.68. The van der Waals surface area contributed by atoms with Crippen LogP contribution in [-0.2, 0) is 11.4 Å². The first-order chi connectivity index (χ1) is 13.2. The third-order valence-electron chi connectivity index (χ3n) is 3.71. The summed E-state index contributed by atoms with van der Waals surface area (Å²) < 4.78 is 5.73. The fourth-order valence-electron chi connectivity index (χ4n) is 2.34. The average Bonchev–Trinajstić information content (AvgIpc) is 2.73. The molecule has 0 bridgehead atoms. The summed E-state index contributed by atoms with van der Waals surface area (Å²) in [6.45, 7) is 0.478. The molecule has 3 aromatic rings. The average molecular weight is 355 g/mol. The number of nitrogens with one attached hydrogen (secondary N) is 1. The van der Waals surface area contributed by atoms with Crippen molar-refractivity contribution in [3.05, 3.63) is 95.7 Å². The zero-order valence-electron chi connectivity index (χ0n) is 14.5. The van der Waals surface area contributed by atoms with Crippen molar-refractivity contribution in [2.75, 3.05) is 5.32 Å². The van der Waals surface area contributed by atoms with Crippen LogP contribution in [0.4, 0.5) is 5.82 Å². The molecule has 1 amide bonds. The normalized spacial score (nSPS) is 10.7. The van der Waals surface area contributed by atoms with Crippen LogP contribution in [-0.4, -0.2) is 10.9 Å². The van der Waals surface area contributed by atoms with Gasteiger partial charge >= 0.3 is 0 Å². The van der Waals surface area contributed by atoms with E-state index in [1.165, 1.54) is 6.08 Å². The Morgan fingerprint density at radius 1 is 1.04 bits per heavy atom. The Morgan fingerprint density at radius 3 is 2.44 bits per heavy atom. The summed E-state index contributed by atoms with van der Waals surface area (Å²) in [5.41, 5.74) is 1.81. The van der Waals surface area contributed by atoms with Gasteiger partial charge in [0, 0.05) is 6.20 Å². The van der Waals surface area contributed by atoms with E-state index in [-0.39, 0.29) is 5.57 Å². The van der Waals surface area contributed by atoms with Crippen LogP contribution in [0.15, 0.2) is 84.6 Å². The Morgan fingerprint density at radius 2 is 1.78 bits per heavy atom. The molecule has 0 aliphatic rings. The lowest BCUT2D eigenvalue weighted by molar-refractivity contribution is -0.112. The van der Waals surface area contributed by atoms with E-state index in [0.29, 0.717) is 18.2 Å². The highest BCUT2D eigenvalue weighted by atomic mass is 16.5. The van der Waals surface area contributed by atoms with Gasteiger partial charge in [0.05, 0.1) is 0 Å². The highest BCUT2D eigenvalue weighted by molar-refractivity contribution is 6.09. The van der Waals surface area contributed by atoms with Crippen molar-refractivity contribution in [3.63, 3.8) is 0 Å². The molecule has 3 rings (SSSR count). The number of carbonyl (C=O) groups is 1. The Bertz CT molecular complexity index is 960. The van der Waals surface area contributed by atoms with Crippen LogP contribution < -0.4 is 10.1 Å². The van der Waals surface area contributed by atoms with Gasteiger partial charge in [-0.1, -0.05) is 48.5 Å². The monoisotopic (exact) mass is 355 g/mol. The van der Waals surface area contributed by atoms with E-state index >= 15 is 0 Å². The largest absolute Gasteiger partial charge is 0.489 e. The smallest absolute Gasteiger partial charge is 0.267 e. The van der Waals surface area contributed by atoms with Crippen LogP contribution in [0.25, 0.3) is 6.08 Å². The number of aromatic nitrogens is 1. The number of ether oxygens (including phenoxy) is 1. The molecule has 0 fully saturated rings. The molecule has 0 spiro atoms. The zero-order chi connectivity index (χ0) is 18.9. The fourth-order valence-corrected chi connectivity index (χ4v) is 2.34. The Balaban J connectivity index is 1.64. The maximum Gasteiger partial charge on any atom is 0.267 e. The van der Waals surface area contributed by atoms with Gasteiger partial charge in [0.15, 0.2) is 0 Å². The van der Waals surface area contributed by atoms with Crippen molar-refractivity contribution in [2.45, 2.75) is 6.61 Å². The Hall–Kier alpha value is -3.91. The number of anilines is 1. The van der Waals surface area contributed by atoms with Crippen molar-refractivity contribution in [1.29, 1.82) is 5.26 Å². The minimum Gasteiger partial charge on any atom is -0.489 e. The van der Waals surface area contributed by atoms with Gasteiger partial charge in [-0.15, -0.1) is 0 Å². The zero-order valence-corrected chi connectivity index (χ0v) is 14.5. The number of hydrogen-bond acceptors (Lipinski definition) is 4. The van der Waals surface area contributed by atoms with Gasteiger partial charge in [-0.25, -0.2) is 4.98 Å². The minimum atomic E-state index is -0.499. The van der Waals surface area contributed by atoms with Gasteiger partial charge in [-0.3, -0.25) is 4.79 Å². The summed E-state index contributed by atoms with van der Waals surface area (Å²) >= 11 is 0. The molecule has 132 valence electrons. The molecule has 0 atom stereocenters. The first-order valence-electron chi connectivity index (χ1n) is 8.35. The second kappa shape index (κ2) is 8.97. The molecule has 1 N–H and O–H groups in total.